The number of pyridine rings is 1. The van der Waals surface area contributed by atoms with Crippen molar-refractivity contribution in [2.45, 2.75) is 24.9 Å². The Bertz CT molecular complexity index is 1560. The first-order chi connectivity index (χ1) is 16.5. The Morgan fingerprint density at radius 1 is 1.03 bits per heavy atom. The maximum Gasteiger partial charge on any atom is 0.271 e. The number of nitrogens with zero attached hydrogens (tertiary/aromatic N) is 3. The van der Waals surface area contributed by atoms with Gasteiger partial charge in [0.05, 0.1) is 10.6 Å². The van der Waals surface area contributed by atoms with Crippen LogP contribution in [0.1, 0.15) is 18.2 Å². The van der Waals surface area contributed by atoms with E-state index < -0.39 is 11.6 Å². The third-order valence-electron chi connectivity index (χ3n) is 5.76. The second-order valence-corrected chi connectivity index (χ2v) is 9.91. The van der Waals surface area contributed by atoms with Gasteiger partial charge in [-0.05, 0) is 25.1 Å². The third-order valence-corrected chi connectivity index (χ3v) is 8.27. The van der Waals surface area contributed by atoms with E-state index in [1.54, 1.807) is 22.6 Å². The predicted octanol–water partition coefficient (Wildman–Crippen LogP) is 3.68. The quantitative estimate of drug-likeness (QED) is 0.406. The Morgan fingerprint density at radius 2 is 1.79 bits per heavy atom. The average Bonchev–Trinajstić information content (AvgIpc) is 3.34. The van der Waals surface area contributed by atoms with Crippen molar-refractivity contribution in [2.24, 2.45) is 0 Å². The van der Waals surface area contributed by atoms with Crippen LogP contribution in [-0.4, -0.2) is 11.6 Å². The molecule has 4 nitrogen and oxygen atoms in total. The number of benzene rings is 2. The van der Waals surface area contributed by atoms with Gasteiger partial charge in [-0.25, -0.2) is 8.78 Å². The van der Waals surface area contributed by atoms with Crippen molar-refractivity contribution in [3.8, 4) is 0 Å². The summed E-state index contributed by atoms with van der Waals surface area (Å²) in [6.07, 6.45) is 4.03. The highest BCUT2D eigenvalue weighted by molar-refractivity contribution is 8.08. The van der Waals surface area contributed by atoms with Gasteiger partial charge >= 0.3 is 0 Å². The normalized spacial score (nSPS) is 15.2. The fraction of sp³-hybridized carbons (Fsp3) is 0.154. The van der Waals surface area contributed by atoms with Crippen LogP contribution >= 0.6 is 23.1 Å². The number of anilines is 1. The number of rotatable bonds is 4. The number of halogens is 2. The standard InChI is InChI=1S/C26H22F2N3OS2/c1-3-31-21(15-18-11-7-8-14-30(18)16-17-9-5-4-6-10-17)33-24(25(31)32)26-29(2)20-13-12-19(27)22(28)23(20)34-26/h4-15H,3,16H2,1-2H3/q+1. The zero-order valence-electron chi connectivity index (χ0n) is 18.7. The van der Waals surface area contributed by atoms with Crippen molar-refractivity contribution in [3.63, 3.8) is 0 Å². The van der Waals surface area contributed by atoms with E-state index in [1.165, 1.54) is 16.9 Å². The summed E-state index contributed by atoms with van der Waals surface area (Å²) in [7, 11) is 1.77. The number of thiazole rings is 1. The van der Waals surface area contributed by atoms with Crippen LogP contribution in [0.25, 0.3) is 11.1 Å². The zero-order chi connectivity index (χ0) is 23.8. The van der Waals surface area contributed by atoms with Gasteiger partial charge in [-0.15, -0.1) is 11.3 Å². The summed E-state index contributed by atoms with van der Waals surface area (Å²) >= 11 is 2.47. The maximum atomic E-state index is 14.4. The summed E-state index contributed by atoms with van der Waals surface area (Å²) in [6, 6.07) is 18.8. The lowest BCUT2D eigenvalue weighted by Crippen LogP contribution is -2.38. The fourth-order valence-electron chi connectivity index (χ4n) is 4.00. The molecule has 0 saturated carbocycles. The molecule has 34 heavy (non-hydrogen) atoms. The topological polar surface area (TPSA) is 29.1 Å². The Labute approximate surface area is 203 Å². The molecule has 172 valence electrons. The minimum Gasteiger partial charge on any atom is -0.337 e. The van der Waals surface area contributed by atoms with Gasteiger partial charge in [0.2, 0.25) is 5.69 Å². The first-order valence-corrected chi connectivity index (χ1v) is 12.5. The van der Waals surface area contributed by atoms with Gasteiger partial charge in [-0.1, -0.05) is 42.1 Å². The monoisotopic (exact) mass is 494 g/mol. The number of thioether (sulfide) groups is 1. The maximum absolute atomic E-state index is 14.4. The largest absolute Gasteiger partial charge is 0.337 e. The highest BCUT2D eigenvalue weighted by Gasteiger charge is 2.29. The summed E-state index contributed by atoms with van der Waals surface area (Å²) in [5.74, 6) is -1.77. The molecule has 0 saturated heterocycles. The van der Waals surface area contributed by atoms with E-state index in [2.05, 4.69) is 16.7 Å². The molecule has 0 spiro atoms. The summed E-state index contributed by atoms with van der Waals surface area (Å²) < 4.78 is 33.4. The first kappa shape index (κ1) is 22.6. The van der Waals surface area contributed by atoms with Gasteiger partial charge in [0.1, 0.15) is 14.2 Å². The summed E-state index contributed by atoms with van der Waals surface area (Å²) in [6.45, 7) is 3.14. The van der Waals surface area contributed by atoms with Crippen molar-refractivity contribution in [1.82, 2.24) is 4.57 Å². The average molecular weight is 495 g/mol. The van der Waals surface area contributed by atoms with Crippen LogP contribution in [0.3, 0.4) is 0 Å². The summed E-state index contributed by atoms with van der Waals surface area (Å²) in [5, 5.41) is 0.613. The molecule has 0 atom stereocenters. The molecule has 0 N–H and O–H groups in total. The van der Waals surface area contributed by atoms with Crippen molar-refractivity contribution in [3.05, 3.63) is 109 Å². The van der Waals surface area contributed by atoms with Crippen LogP contribution in [0.5, 0.6) is 0 Å². The van der Waals surface area contributed by atoms with Gasteiger partial charge < -0.3 is 4.90 Å². The lowest BCUT2D eigenvalue weighted by molar-refractivity contribution is -0.690. The van der Waals surface area contributed by atoms with E-state index in [1.807, 2.05) is 55.6 Å². The Balaban J connectivity index is 1.65. The molecule has 3 heterocycles. The number of hydrogen-bond donors (Lipinski definition) is 0. The highest BCUT2D eigenvalue weighted by atomic mass is 32.2. The zero-order valence-corrected chi connectivity index (χ0v) is 20.3. The number of aromatic nitrogens is 2. The second-order valence-electron chi connectivity index (χ2n) is 7.88. The smallest absolute Gasteiger partial charge is 0.271 e. The molecule has 2 aromatic carbocycles. The van der Waals surface area contributed by atoms with Crippen LogP contribution < -0.4 is 24.2 Å². The molecule has 0 fully saturated rings. The molecule has 1 aliphatic heterocycles. The molecular weight excluding hydrogens is 472 g/mol. The fourth-order valence-corrected chi connectivity index (χ4v) is 6.48. The van der Waals surface area contributed by atoms with E-state index in [9.17, 15) is 13.6 Å². The first-order valence-electron chi connectivity index (χ1n) is 10.9. The van der Waals surface area contributed by atoms with Crippen molar-refractivity contribution >= 4 is 39.9 Å². The van der Waals surface area contributed by atoms with Crippen LogP contribution in [0, 0.1) is 11.6 Å². The van der Waals surface area contributed by atoms with E-state index in [0.29, 0.717) is 28.3 Å². The SMILES string of the molecule is CCn1c(=Cc2cccc[n+]2Cc2ccccc2)sc(=C2Sc3c(ccc(F)c3F)N2C)c1=O. The second kappa shape index (κ2) is 9.19. The number of fused-ring (bicyclic) bond motifs is 1. The molecule has 0 radical (unpaired) electrons. The molecule has 8 heteroatoms. The molecule has 0 aliphatic carbocycles. The van der Waals surface area contributed by atoms with Gasteiger partial charge in [0, 0.05) is 37.4 Å². The molecule has 0 unspecified atom stereocenters. The van der Waals surface area contributed by atoms with Crippen molar-refractivity contribution in [2.75, 3.05) is 11.9 Å². The lowest BCUT2D eigenvalue weighted by atomic mass is 10.2. The lowest BCUT2D eigenvalue weighted by Gasteiger charge is -2.12. The van der Waals surface area contributed by atoms with Crippen molar-refractivity contribution in [1.29, 1.82) is 0 Å². The van der Waals surface area contributed by atoms with Crippen LogP contribution in [0.2, 0.25) is 0 Å². The summed E-state index contributed by atoms with van der Waals surface area (Å²) in [5.41, 5.74) is 2.58. The van der Waals surface area contributed by atoms with Crippen LogP contribution in [0.15, 0.2) is 76.6 Å². The van der Waals surface area contributed by atoms with Gasteiger partial charge in [0.15, 0.2) is 24.4 Å². The van der Waals surface area contributed by atoms with E-state index in [4.69, 9.17) is 0 Å². The number of hydrogen-bond acceptors (Lipinski definition) is 4. The Hall–Kier alpha value is -3.23. The molecule has 5 rings (SSSR count). The van der Waals surface area contributed by atoms with Crippen LogP contribution in [-0.2, 0) is 13.1 Å². The van der Waals surface area contributed by atoms with Gasteiger partial charge in [-0.2, -0.15) is 4.57 Å². The predicted molar refractivity (Wildman–Crippen MR) is 133 cm³/mol. The molecule has 2 aromatic heterocycles. The van der Waals surface area contributed by atoms with Gasteiger partial charge in [0.25, 0.3) is 5.56 Å². The van der Waals surface area contributed by atoms with E-state index in [-0.39, 0.29) is 10.5 Å². The van der Waals surface area contributed by atoms with Crippen molar-refractivity contribution < 1.29 is 13.3 Å². The van der Waals surface area contributed by atoms with Gasteiger partial charge in [-0.3, -0.25) is 9.36 Å². The molecule has 4 aromatic rings. The molecule has 1 aliphatic rings. The Kier molecular flexibility index (Phi) is 6.10. The molecule has 0 bridgehead atoms. The third kappa shape index (κ3) is 3.97. The van der Waals surface area contributed by atoms with E-state index >= 15 is 0 Å². The summed E-state index contributed by atoms with van der Waals surface area (Å²) in [4.78, 5) is 15.3. The Morgan fingerprint density at radius 3 is 2.56 bits per heavy atom. The van der Waals surface area contributed by atoms with E-state index in [0.717, 1.165) is 28.2 Å². The van der Waals surface area contributed by atoms with Crippen LogP contribution in [0.4, 0.5) is 14.5 Å². The molecule has 0 amide bonds. The highest BCUT2D eigenvalue weighted by Crippen LogP contribution is 2.47. The minimum atomic E-state index is -0.890. The minimum absolute atomic E-state index is 0.132. The molecular formula is C26H22F2N3OS2+.